The maximum absolute atomic E-state index is 12.4. The van der Waals surface area contributed by atoms with E-state index in [1.807, 2.05) is 41.1 Å². The fourth-order valence-electron chi connectivity index (χ4n) is 3.36. The Balaban J connectivity index is 1.40. The molecule has 0 atom stereocenters. The molecule has 0 aliphatic heterocycles. The molecule has 1 aliphatic rings. The van der Waals surface area contributed by atoms with Crippen LogP contribution in [-0.4, -0.2) is 15.5 Å². The van der Waals surface area contributed by atoms with Crippen LogP contribution < -0.4 is 5.32 Å². The normalized spacial score (nSPS) is 13.3. The van der Waals surface area contributed by atoms with Crippen LogP contribution >= 0.6 is 0 Å². The molecule has 25 heavy (non-hydrogen) atoms. The number of hydrogen-bond donors (Lipinski definition) is 1. The molecule has 0 unspecified atom stereocenters. The molecule has 126 valence electrons. The van der Waals surface area contributed by atoms with Crippen LogP contribution in [0.2, 0.25) is 0 Å². The molecule has 0 spiro atoms. The Bertz CT molecular complexity index is 867. The van der Waals surface area contributed by atoms with Crippen molar-refractivity contribution in [3.8, 4) is 5.69 Å². The van der Waals surface area contributed by atoms with Gasteiger partial charge in [-0.1, -0.05) is 18.2 Å². The van der Waals surface area contributed by atoms with Gasteiger partial charge in [0.2, 0.25) is 0 Å². The quantitative estimate of drug-likeness (QED) is 0.793. The first kappa shape index (κ1) is 15.6. The van der Waals surface area contributed by atoms with Gasteiger partial charge in [-0.15, -0.1) is 0 Å². The van der Waals surface area contributed by atoms with E-state index < -0.39 is 0 Å². The number of nitrogens with zero attached hydrogens (tertiary/aromatic N) is 2. The van der Waals surface area contributed by atoms with Gasteiger partial charge in [0.15, 0.2) is 0 Å². The number of carbonyl (C=O) groups excluding carboxylic acids is 1. The Morgan fingerprint density at radius 1 is 1.04 bits per heavy atom. The summed E-state index contributed by atoms with van der Waals surface area (Å²) < 4.78 is 1.95. The molecule has 2 aromatic carbocycles. The summed E-state index contributed by atoms with van der Waals surface area (Å²) in [6.07, 6.45) is 10.1. The lowest BCUT2D eigenvalue weighted by Crippen LogP contribution is -2.23. The number of aromatic nitrogens is 2. The predicted molar refractivity (Wildman–Crippen MR) is 97.8 cm³/mol. The number of nitrogens with one attached hydrogen (secondary N) is 1. The van der Waals surface area contributed by atoms with E-state index in [-0.39, 0.29) is 5.91 Å². The van der Waals surface area contributed by atoms with Crippen molar-refractivity contribution in [2.24, 2.45) is 0 Å². The number of rotatable bonds is 4. The van der Waals surface area contributed by atoms with Gasteiger partial charge in [-0.2, -0.15) is 0 Å². The second kappa shape index (κ2) is 6.93. The lowest BCUT2D eigenvalue weighted by Gasteiger charge is -2.16. The minimum absolute atomic E-state index is 0.00735. The highest BCUT2D eigenvalue weighted by molar-refractivity contribution is 5.94. The van der Waals surface area contributed by atoms with Crippen molar-refractivity contribution in [3.63, 3.8) is 0 Å². The van der Waals surface area contributed by atoms with Crippen LogP contribution in [0.1, 0.15) is 39.9 Å². The molecular formula is C21H21N3O. The van der Waals surface area contributed by atoms with Crippen molar-refractivity contribution in [3.05, 3.63) is 83.4 Å². The van der Waals surface area contributed by atoms with Crippen molar-refractivity contribution in [2.75, 3.05) is 0 Å². The van der Waals surface area contributed by atoms with E-state index in [1.54, 1.807) is 12.5 Å². The first-order chi connectivity index (χ1) is 12.3. The van der Waals surface area contributed by atoms with Crippen molar-refractivity contribution in [1.82, 2.24) is 14.9 Å². The zero-order chi connectivity index (χ0) is 17.1. The first-order valence-corrected chi connectivity index (χ1v) is 8.77. The number of carbonyl (C=O) groups is 1. The number of fused-ring (bicyclic) bond motifs is 1. The Kier molecular flexibility index (Phi) is 4.34. The van der Waals surface area contributed by atoms with Gasteiger partial charge in [0.25, 0.3) is 5.91 Å². The van der Waals surface area contributed by atoms with Gasteiger partial charge >= 0.3 is 0 Å². The third-order valence-electron chi connectivity index (χ3n) is 4.80. The third-order valence-corrected chi connectivity index (χ3v) is 4.80. The summed E-state index contributed by atoms with van der Waals surface area (Å²) in [5.74, 6) is -0.00735. The number of imidazole rings is 1. The predicted octanol–water partition coefficient (Wildman–Crippen LogP) is 3.68. The molecule has 0 saturated heterocycles. The lowest BCUT2D eigenvalue weighted by atomic mass is 9.90. The monoisotopic (exact) mass is 331 g/mol. The summed E-state index contributed by atoms with van der Waals surface area (Å²) in [5, 5.41) is 3.02. The summed E-state index contributed by atoms with van der Waals surface area (Å²) in [4.78, 5) is 16.5. The average molecular weight is 331 g/mol. The molecule has 0 radical (unpaired) electrons. The Labute approximate surface area is 147 Å². The van der Waals surface area contributed by atoms with Gasteiger partial charge in [-0.05, 0) is 66.6 Å². The smallest absolute Gasteiger partial charge is 0.251 e. The van der Waals surface area contributed by atoms with Crippen molar-refractivity contribution < 1.29 is 4.79 Å². The third kappa shape index (κ3) is 3.48. The molecule has 0 fully saturated rings. The minimum Gasteiger partial charge on any atom is -0.348 e. The number of aryl methyl sites for hydroxylation is 2. The minimum atomic E-state index is -0.00735. The van der Waals surface area contributed by atoms with Gasteiger partial charge in [0, 0.05) is 30.2 Å². The largest absolute Gasteiger partial charge is 0.348 e. The van der Waals surface area contributed by atoms with E-state index in [1.165, 1.54) is 24.0 Å². The van der Waals surface area contributed by atoms with Gasteiger partial charge in [0.05, 0.1) is 6.33 Å². The molecule has 4 rings (SSSR count). The molecular weight excluding hydrogens is 310 g/mol. The fourth-order valence-corrected chi connectivity index (χ4v) is 3.36. The summed E-state index contributed by atoms with van der Waals surface area (Å²) in [7, 11) is 0. The Morgan fingerprint density at radius 3 is 2.60 bits per heavy atom. The molecule has 1 N–H and O–H groups in total. The van der Waals surface area contributed by atoms with Crippen molar-refractivity contribution >= 4 is 5.91 Å². The molecule has 1 amide bonds. The summed E-state index contributed by atoms with van der Waals surface area (Å²) >= 11 is 0. The van der Waals surface area contributed by atoms with E-state index in [2.05, 4.69) is 22.4 Å². The lowest BCUT2D eigenvalue weighted by molar-refractivity contribution is 0.0951. The van der Waals surface area contributed by atoms with E-state index >= 15 is 0 Å². The first-order valence-electron chi connectivity index (χ1n) is 8.77. The van der Waals surface area contributed by atoms with Crippen molar-refractivity contribution in [2.45, 2.75) is 32.2 Å². The van der Waals surface area contributed by atoms with Crippen LogP contribution in [0, 0.1) is 0 Å². The van der Waals surface area contributed by atoms with Crippen LogP contribution in [-0.2, 0) is 19.4 Å². The SMILES string of the molecule is O=C(NCc1ccc(-n2ccnc2)cc1)c1ccc2c(c1)CCCC2. The zero-order valence-electron chi connectivity index (χ0n) is 14.1. The van der Waals surface area contributed by atoms with Crippen LogP contribution in [0.4, 0.5) is 0 Å². The highest BCUT2D eigenvalue weighted by atomic mass is 16.1. The van der Waals surface area contributed by atoms with Gasteiger partial charge < -0.3 is 9.88 Å². The van der Waals surface area contributed by atoms with Gasteiger partial charge in [-0.3, -0.25) is 4.79 Å². The molecule has 1 aromatic heterocycles. The number of amides is 1. The van der Waals surface area contributed by atoms with Gasteiger partial charge in [-0.25, -0.2) is 4.98 Å². The van der Waals surface area contributed by atoms with Crippen LogP contribution in [0.5, 0.6) is 0 Å². The molecule has 1 aliphatic carbocycles. The molecule has 1 heterocycles. The van der Waals surface area contributed by atoms with E-state index in [4.69, 9.17) is 0 Å². The Morgan fingerprint density at radius 2 is 1.84 bits per heavy atom. The standard InChI is InChI=1S/C21H21N3O/c25-21(19-8-7-17-3-1-2-4-18(17)13-19)23-14-16-5-9-20(10-6-16)24-12-11-22-15-24/h5-13,15H,1-4,14H2,(H,23,25). The maximum atomic E-state index is 12.4. The average Bonchev–Trinajstić information content (AvgIpc) is 3.21. The highest BCUT2D eigenvalue weighted by Gasteiger charge is 2.12. The molecule has 4 heteroatoms. The summed E-state index contributed by atoms with van der Waals surface area (Å²) in [6, 6.07) is 14.2. The topological polar surface area (TPSA) is 46.9 Å². The zero-order valence-corrected chi connectivity index (χ0v) is 14.1. The van der Waals surface area contributed by atoms with Gasteiger partial charge in [0.1, 0.15) is 0 Å². The van der Waals surface area contributed by atoms with Crippen LogP contribution in [0.25, 0.3) is 5.69 Å². The molecule has 0 saturated carbocycles. The summed E-state index contributed by atoms with van der Waals surface area (Å²) in [6.45, 7) is 0.528. The van der Waals surface area contributed by atoms with Crippen LogP contribution in [0.3, 0.4) is 0 Å². The van der Waals surface area contributed by atoms with Crippen LogP contribution in [0.15, 0.2) is 61.2 Å². The van der Waals surface area contributed by atoms with E-state index in [0.717, 1.165) is 29.7 Å². The van der Waals surface area contributed by atoms with Crippen molar-refractivity contribution in [1.29, 1.82) is 0 Å². The maximum Gasteiger partial charge on any atom is 0.251 e. The second-order valence-electron chi connectivity index (χ2n) is 6.51. The fraction of sp³-hybridized carbons (Fsp3) is 0.238. The molecule has 3 aromatic rings. The van der Waals surface area contributed by atoms with E-state index in [0.29, 0.717) is 6.54 Å². The second-order valence-corrected chi connectivity index (χ2v) is 6.51. The van der Waals surface area contributed by atoms with E-state index in [9.17, 15) is 4.79 Å². The highest BCUT2D eigenvalue weighted by Crippen LogP contribution is 2.22. The number of hydrogen-bond acceptors (Lipinski definition) is 2. The molecule has 4 nitrogen and oxygen atoms in total. The Hall–Kier alpha value is -2.88. The summed E-state index contributed by atoms with van der Waals surface area (Å²) in [5.41, 5.74) is 5.63. The molecule has 0 bridgehead atoms. The number of benzene rings is 2.